The maximum Gasteiger partial charge on any atom is 0.191 e. The molecule has 0 unspecified atom stereocenters. The minimum atomic E-state index is -0.193. The summed E-state index contributed by atoms with van der Waals surface area (Å²) in [5, 5.41) is 7.60. The number of nitrogens with zero attached hydrogens (tertiary/aromatic N) is 1. The second kappa shape index (κ2) is 7.49. The van der Waals surface area contributed by atoms with Gasteiger partial charge in [-0.15, -0.1) is 0 Å². The summed E-state index contributed by atoms with van der Waals surface area (Å²) in [4.78, 5) is 7.81. The molecule has 1 aromatic heterocycles. The van der Waals surface area contributed by atoms with Crippen LogP contribution in [0.15, 0.2) is 29.4 Å². The first-order chi connectivity index (χ1) is 11.3. The summed E-state index contributed by atoms with van der Waals surface area (Å²) in [6.45, 7) is 4.59. The van der Waals surface area contributed by atoms with Gasteiger partial charge >= 0.3 is 0 Å². The fourth-order valence-electron chi connectivity index (χ4n) is 2.78. The molecule has 1 aromatic carbocycles. The smallest absolute Gasteiger partial charge is 0.191 e. The van der Waals surface area contributed by atoms with Crippen molar-refractivity contribution in [2.75, 3.05) is 19.6 Å². The molecule has 2 aromatic rings. The quantitative estimate of drug-likeness (QED) is 0.543. The van der Waals surface area contributed by atoms with Gasteiger partial charge in [0.1, 0.15) is 5.82 Å². The van der Waals surface area contributed by atoms with E-state index in [1.54, 1.807) is 12.1 Å². The predicted octanol–water partition coefficient (Wildman–Crippen LogP) is 3.20. The number of hydrogen-bond acceptors (Lipinski definition) is 1. The molecule has 0 bridgehead atoms. The average molecular weight is 316 g/mol. The van der Waals surface area contributed by atoms with Crippen LogP contribution in [0.3, 0.4) is 0 Å². The van der Waals surface area contributed by atoms with E-state index in [1.807, 2.05) is 6.20 Å². The number of H-pyrrole nitrogens is 1. The van der Waals surface area contributed by atoms with Crippen LogP contribution in [-0.4, -0.2) is 30.6 Å². The Labute approximate surface area is 136 Å². The fourth-order valence-corrected chi connectivity index (χ4v) is 2.78. The lowest BCUT2D eigenvalue weighted by Gasteiger charge is -2.11. The molecular weight excluding hydrogens is 291 g/mol. The largest absolute Gasteiger partial charge is 0.361 e. The number of fused-ring (bicyclic) bond motifs is 1. The number of halogens is 1. The lowest BCUT2D eigenvalue weighted by atomic mass is 10.1. The zero-order valence-corrected chi connectivity index (χ0v) is 13.7. The lowest BCUT2D eigenvalue weighted by molar-refractivity contribution is 0.629. The number of guanidine groups is 1. The molecule has 1 saturated carbocycles. The Morgan fingerprint density at radius 1 is 1.35 bits per heavy atom. The Hall–Kier alpha value is -2.04. The summed E-state index contributed by atoms with van der Waals surface area (Å²) in [6.07, 6.45) is 6.73. The van der Waals surface area contributed by atoms with Crippen LogP contribution < -0.4 is 10.6 Å². The molecule has 0 saturated heterocycles. The van der Waals surface area contributed by atoms with E-state index >= 15 is 0 Å². The van der Waals surface area contributed by atoms with Crippen molar-refractivity contribution in [3.63, 3.8) is 0 Å². The SMILES string of the molecule is CCNC(=NCCC1CC1)NCCc1c[nH]c2ccc(F)cc12. The third-order valence-electron chi connectivity index (χ3n) is 4.26. The van der Waals surface area contributed by atoms with Crippen LogP contribution in [0, 0.1) is 11.7 Å². The van der Waals surface area contributed by atoms with Crippen molar-refractivity contribution in [1.82, 2.24) is 15.6 Å². The molecule has 1 aliphatic carbocycles. The van der Waals surface area contributed by atoms with Gasteiger partial charge in [-0.1, -0.05) is 12.8 Å². The normalized spacial score (nSPS) is 15.1. The van der Waals surface area contributed by atoms with E-state index in [0.717, 1.165) is 54.4 Å². The maximum atomic E-state index is 13.4. The number of hydrogen-bond donors (Lipinski definition) is 3. The highest BCUT2D eigenvalue weighted by Crippen LogP contribution is 2.32. The molecule has 0 spiro atoms. The molecular formula is C18H25FN4. The van der Waals surface area contributed by atoms with Crippen molar-refractivity contribution < 1.29 is 4.39 Å². The third kappa shape index (κ3) is 4.47. The van der Waals surface area contributed by atoms with E-state index in [9.17, 15) is 4.39 Å². The van der Waals surface area contributed by atoms with Gasteiger partial charge in [0.05, 0.1) is 0 Å². The van der Waals surface area contributed by atoms with Crippen molar-refractivity contribution in [3.8, 4) is 0 Å². The number of benzene rings is 1. The van der Waals surface area contributed by atoms with E-state index < -0.39 is 0 Å². The van der Waals surface area contributed by atoms with Crippen molar-refractivity contribution in [2.45, 2.75) is 32.6 Å². The van der Waals surface area contributed by atoms with Gasteiger partial charge in [0.15, 0.2) is 5.96 Å². The third-order valence-corrected chi connectivity index (χ3v) is 4.26. The van der Waals surface area contributed by atoms with Crippen LogP contribution in [-0.2, 0) is 6.42 Å². The second-order valence-electron chi connectivity index (χ2n) is 6.17. The summed E-state index contributed by atoms with van der Waals surface area (Å²) < 4.78 is 13.4. The van der Waals surface area contributed by atoms with Gasteiger partial charge in [0, 0.05) is 36.7 Å². The van der Waals surface area contributed by atoms with Crippen LogP contribution in [0.25, 0.3) is 10.9 Å². The molecule has 0 aliphatic heterocycles. The van der Waals surface area contributed by atoms with E-state index in [2.05, 4.69) is 27.5 Å². The van der Waals surface area contributed by atoms with Crippen molar-refractivity contribution in [3.05, 3.63) is 35.8 Å². The summed E-state index contributed by atoms with van der Waals surface area (Å²) in [5.41, 5.74) is 2.10. The molecule has 0 amide bonds. The van der Waals surface area contributed by atoms with Crippen LogP contribution in [0.4, 0.5) is 4.39 Å². The fraction of sp³-hybridized carbons (Fsp3) is 0.500. The zero-order valence-electron chi connectivity index (χ0n) is 13.7. The molecule has 3 N–H and O–H groups in total. The number of aliphatic imine (C=N–C) groups is 1. The van der Waals surface area contributed by atoms with Gasteiger partial charge in [-0.2, -0.15) is 0 Å². The molecule has 0 atom stereocenters. The van der Waals surface area contributed by atoms with E-state index in [1.165, 1.54) is 25.3 Å². The number of aromatic nitrogens is 1. The molecule has 5 heteroatoms. The second-order valence-corrected chi connectivity index (χ2v) is 6.17. The first-order valence-electron chi connectivity index (χ1n) is 8.54. The molecule has 124 valence electrons. The summed E-state index contributed by atoms with van der Waals surface area (Å²) in [6, 6.07) is 4.86. The highest BCUT2D eigenvalue weighted by atomic mass is 19.1. The maximum absolute atomic E-state index is 13.4. The number of rotatable bonds is 7. The predicted molar refractivity (Wildman–Crippen MR) is 93.3 cm³/mol. The van der Waals surface area contributed by atoms with Gasteiger partial charge in [0.25, 0.3) is 0 Å². The Balaban J connectivity index is 1.53. The minimum absolute atomic E-state index is 0.193. The molecule has 1 heterocycles. The topological polar surface area (TPSA) is 52.2 Å². The molecule has 0 radical (unpaired) electrons. The first-order valence-corrected chi connectivity index (χ1v) is 8.54. The lowest BCUT2D eigenvalue weighted by Crippen LogP contribution is -2.38. The standard InChI is InChI=1S/C18H25FN4/c1-2-20-18(21-9-7-13-3-4-13)22-10-8-14-12-23-17-6-5-15(19)11-16(14)17/h5-6,11-13,23H,2-4,7-10H2,1H3,(H2,20,21,22). The molecule has 4 nitrogen and oxygen atoms in total. The summed E-state index contributed by atoms with van der Waals surface area (Å²) in [7, 11) is 0. The van der Waals surface area contributed by atoms with Crippen LogP contribution in [0.1, 0.15) is 31.7 Å². The highest BCUT2D eigenvalue weighted by Gasteiger charge is 2.20. The number of nitrogens with one attached hydrogen (secondary N) is 3. The number of aromatic amines is 1. The monoisotopic (exact) mass is 316 g/mol. The molecule has 3 rings (SSSR count). The van der Waals surface area contributed by atoms with E-state index in [0.29, 0.717) is 0 Å². The van der Waals surface area contributed by atoms with Gasteiger partial charge in [-0.25, -0.2) is 4.39 Å². The van der Waals surface area contributed by atoms with Crippen LogP contribution in [0.5, 0.6) is 0 Å². The van der Waals surface area contributed by atoms with E-state index in [4.69, 9.17) is 0 Å². The van der Waals surface area contributed by atoms with Crippen LogP contribution >= 0.6 is 0 Å². The molecule has 1 fully saturated rings. The first kappa shape index (κ1) is 15.8. The highest BCUT2D eigenvalue weighted by molar-refractivity contribution is 5.83. The van der Waals surface area contributed by atoms with Crippen molar-refractivity contribution in [1.29, 1.82) is 0 Å². The Morgan fingerprint density at radius 3 is 3.00 bits per heavy atom. The summed E-state index contributed by atoms with van der Waals surface area (Å²) >= 11 is 0. The van der Waals surface area contributed by atoms with Crippen molar-refractivity contribution >= 4 is 16.9 Å². The zero-order chi connectivity index (χ0) is 16.1. The van der Waals surface area contributed by atoms with Gasteiger partial charge in [-0.05, 0) is 49.4 Å². The molecule has 1 aliphatic rings. The Kier molecular flexibility index (Phi) is 5.16. The molecule has 23 heavy (non-hydrogen) atoms. The van der Waals surface area contributed by atoms with Gasteiger partial charge in [0.2, 0.25) is 0 Å². The van der Waals surface area contributed by atoms with Crippen LogP contribution in [0.2, 0.25) is 0 Å². The minimum Gasteiger partial charge on any atom is -0.361 e. The van der Waals surface area contributed by atoms with E-state index in [-0.39, 0.29) is 5.82 Å². The van der Waals surface area contributed by atoms with Gasteiger partial charge in [-0.3, -0.25) is 4.99 Å². The van der Waals surface area contributed by atoms with Gasteiger partial charge < -0.3 is 15.6 Å². The summed E-state index contributed by atoms with van der Waals surface area (Å²) in [5.74, 6) is 1.59. The Bertz CT molecular complexity index is 673. The average Bonchev–Trinajstić information content (AvgIpc) is 3.28. The van der Waals surface area contributed by atoms with Crippen molar-refractivity contribution in [2.24, 2.45) is 10.9 Å². The Morgan fingerprint density at radius 2 is 2.22 bits per heavy atom.